The minimum absolute atomic E-state index is 0.0221. The van der Waals surface area contributed by atoms with Gasteiger partial charge in [-0.3, -0.25) is 9.48 Å². The van der Waals surface area contributed by atoms with Crippen LogP contribution in [-0.2, 0) is 17.9 Å². The van der Waals surface area contributed by atoms with Gasteiger partial charge in [-0.15, -0.1) is 0 Å². The number of carbonyl (C=O) groups excluding carboxylic acids is 1. The quantitative estimate of drug-likeness (QED) is 0.498. The molecule has 3 aromatic rings. The van der Waals surface area contributed by atoms with E-state index in [1.54, 1.807) is 4.90 Å². The fourth-order valence-electron chi connectivity index (χ4n) is 2.79. The molecule has 0 saturated carbocycles. The number of aromatic nitrogens is 2. The van der Waals surface area contributed by atoms with Gasteiger partial charge < -0.3 is 4.90 Å². The van der Waals surface area contributed by atoms with Crippen molar-refractivity contribution in [1.82, 2.24) is 14.7 Å². The molecule has 0 unspecified atom stereocenters. The maximum atomic E-state index is 13.2. The Labute approximate surface area is 154 Å². The van der Waals surface area contributed by atoms with Gasteiger partial charge in [-0.1, -0.05) is 60.7 Å². The molecular weight excluding hydrogens is 322 g/mol. The number of hydrogen-bond donors (Lipinski definition) is 0. The molecular formula is C22H23N3O. The fraction of sp³-hybridized carbons (Fsp3) is 0.182. The Bertz CT molecular complexity index is 882. The van der Waals surface area contributed by atoms with Crippen molar-refractivity contribution in [3.63, 3.8) is 0 Å². The van der Waals surface area contributed by atoms with Crippen LogP contribution >= 0.6 is 0 Å². The molecule has 26 heavy (non-hydrogen) atoms. The normalized spacial score (nSPS) is 11.4. The highest BCUT2D eigenvalue weighted by molar-refractivity contribution is 6.24. The standard InChI is InChI=1S/C22H23N3O/c1-3-25-15-14-20(23-25)17-24(2)22(26)21(19-12-8-5-9-13-19)16-18-10-6-4-7-11-18/h4-16H,3,17H2,1-2H3/b21-16-. The Balaban J connectivity index is 1.88. The van der Waals surface area contributed by atoms with Crippen LogP contribution in [0.4, 0.5) is 0 Å². The van der Waals surface area contributed by atoms with Gasteiger partial charge in [-0.25, -0.2) is 0 Å². The van der Waals surface area contributed by atoms with Gasteiger partial charge in [0.25, 0.3) is 5.91 Å². The fourth-order valence-corrected chi connectivity index (χ4v) is 2.79. The Morgan fingerprint density at radius 3 is 2.31 bits per heavy atom. The average molecular weight is 345 g/mol. The summed E-state index contributed by atoms with van der Waals surface area (Å²) in [7, 11) is 1.81. The largest absolute Gasteiger partial charge is 0.336 e. The van der Waals surface area contributed by atoms with Crippen molar-refractivity contribution in [2.45, 2.75) is 20.0 Å². The molecule has 0 saturated heterocycles. The predicted octanol–water partition coefficient (Wildman–Crippen LogP) is 4.10. The zero-order chi connectivity index (χ0) is 18.4. The van der Waals surface area contributed by atoms with Crippen molar-refractivity contribution in [2.24, 2.45) is 0 Å². The van der Waals surface area contributed by atoms with Crippen molar-refractivity contribution in [3.8, 4) is 0 Å². The van der Waals surface area contributed by atoms with Gasteiger partial charge in [-0.2, -0.15) is 5.10 Å². The molecule has 0 radical (unpaired) electrons. The van der Waals surface area contributed by atoms with Crippen molar-refractivity contribution in [1.29, 1.82) is 0 Å². The molecule has 1 amide bonds. The van der Waals surface area contributed by atoms with E-state index in [1.165, 1.54) is 0 Å². The molecule has 0 fully saturated rings. The van der Waals surface area contributed by atoms with E-state index < -0.39 is 0 Å². The number of carbonyl (C=O) groups is 1. The van der Waals surface area contributed by atoms with E-state index in [-0.39, 0.29) is 5.91 Å². The SMILES string of the molecule is CCn1ccc(CN(C)C(=O)/C(=C\c2ccccc2)c2ccccc2)n1. The number of nitrogens with zero attached hydrogens (tertiary/aromatic N) is 3. The highest BCUT2D eigenvalue weighted by Gasteiger charge is 2.17. The van der Waals surface area contributed by atoms with Gasteiger partial charge in [0.2, 0.25) is 0 Å². The highest BCUT2D eigenvalue weighted by Crippen LogP contribution is 2.21. The van der Waals surface area contributed by atoms with Crippen molar-refractivity contribution in [2.75, 3.05) is 7.05 Å². The maximum absolute atomic E-state index is 13.2. The summed E-state index contributed by atoms with van der Waals surface area (Å²) in [5, 5.41) is 4.47. The Morgan fingerprint density at radius 1 is 1.04 bits per heavy atom. The van der Waals surface area contributed by atoms with Crippen LogP contribution in [0.5, 0.6) is 0 Å². The van der Waals surface area contributed by atoms with E-state index in [2.05, 4.69) is 5.10 Å². The third-order valence-electron chi connectivity index (χ3n) is 4.19. The van der Waals surface area contributed by atoms with Crippen LogP contribution in [0.2, 0.25) is 0 Å². The van der Waals surface area contributed by atoms with Gasteiger partial charge in [0.05, 0.1) is 12.2 Å². The van der Waals surface area contributed by atoms with Crippen LogP contribution in [0.25, 0.3) is 11.6 Å². The second-order valence-electron chi connectivity index (χ2n) is 6.16. The molecule has 0 bridgehead atoms. The summed E-state index contributed by atoms with van der Waals surface area (Å²) in [6.07, 6.45) is 3.88. The zero-order valence-electron chi connectivity index (χ0n) is 15.2. The summed E-state index contributed by atoms with van der Waals surface area (Å²) in [6, 6.07) is 21.6. The van der Waals surface area contributed by atoms with Crippen LogP contribution in [0.1, 0.15) is 23.7 Å². The molecule has 0 aliphatic carbocycles. The van der Waals surface area contributed by atoms with Crippen molar-refractivity contribution < 1.29 is 4.79 Å². The summed E-state index contributed by atoms with van der Waals surface area (Å²) < 4.78 is 1.87. The number of rotatable bonds is 6. The van der Waals surface area contributed by atoms with Crippen LogP contribution in [0.3, 0.4) is 0 Å². The summed E-state index contributed by atoms with van der Waals surface area (Å²) in [5.74, 6) is -0.0221. The Kier molecular flexibility index (Phi) is 5.64. The first-order valence-electron chi connectivity index (χ1n) is 8.77. The smallest absolute Gasteiger partial charge is 0.254 e. The first kappa shape index (κ1) is 17.7. The summed E-state index contributed by atoms with van der Waals surface area (Å²) in [6.45, 7) is 3.34. The van der Waals surface area contributed by atoms with E-state index in [0.717, 1.165) is 23.4 Å². The summed E-state index contributed by atoms with van der Waals surface area (Å²) >= 11 is 0. The lowest BCUT2D eigenvalue weighted by Crippen LogP contribution is -2.27. The number of likely N-dealkylation sites (N-methyl/N-ethyl adjacent to an activating group) is 1. The highest BCUT2D eigenvalue weighted by atomic mass is 16.2. The minimum atomic E-state index is -0.0221. The molecule has 2 aromatic carbocycles. The van der Waals surface area contributed by atoms with Crippen molar-refractivity contribution in [3.05, 3.63) is 89.7 Å². The predicted molar refractivity (Wildman–Crippen MR) is 105 cm³/mol. The van der Waals surface area contributed by atoms with E-state index in [9.17, 15) is 4.79 Å². The van der Waals surface area contributed by atoms with E-state index in [4.69, 9.17) is 0 Å². The lowest BCUT2D eigenvalue weighted by molar-refractivity contribution is -0.124. The molecule has 0 aliphatic heterocycles. The third kappa shape index (κ3) is 4.28. The summed E-state index contributed by atoms with van der Waals surface area (Å²) in [4.78, 5) is 14.9. The number of benzene rings is 2. The molecule has 4 nitrogen and oxygen atoms in total. The second-order valence-corrected chi connectivity index (χ2v) is 6.16. The van der Waals surface area contributed by atoms with Crippen LogP contribution in [0.15, 0.2) is 72.9 Å². The second kappa shape index (κ2) is 8.30. The van der Waals surface area contributed by atoms with Gasteiger partial charge >= 0.3 is 0 Å². The van der Waals surface area contributed by atoms with E-state index in [0.29, 0.717) is 12.1 Å². The molecule has 1 aromatic heterocycles. The van der Waals surface area contributed by atoms with Gasteiger partial charge in [0.1, 0.15) is 0 Å². The molecule has 4 heteroatoms. The van der Waals surface area contributed by atoms with Gasteiger partial charge in [0.15, 0.2) is 0 Å². The molecule has 3 rings (SSSR count). The zero-order valence-corrected chi connectivity index (χ0v) is 15.2. The van der Waals surface area contributed by atoms with Crippen LogP contribution in [0, 0.1) is 0 Å². The van der Waals surface area contributed by atoms with Gasteiger partial charge in [-0.05, 0) is 30.2 Å². The lowest BCUT2D eigenvalue weighted by atomic mass is 10.0. The van der Waals surface area contributed by atoms with Crippen molar-refractivity contribution >= 4 is 17.6 Å². The summed E-state index contributed by atoms with van der Waals surface area (Å²) in [5.41, 5.74) is 3.47. The minimum Gasteiger partial charge on any atom is -0.336 e. The molecule has 1 heterocycles. The van der Waals surface area contributed by atoms with E-state index in [1.807, 2.05) is 97.7 Å². The monoisotopic (exact) mass is 345 g/mol. The number of hydrogen-bond acceptors (Lipinski definition) is 2. The topological polar surface area (TPSA) is 38.1 Å². The lowest BCUT2D eigenvalue weighted by Gasteiger charge is -2.18. The number of amides is 1. The third-order valence-corrected chi connectivity index (χ3v) is 4.19. The van der Waals surface area contributed by atoms with Crippen LogP contribution in [-0.4, -0.2) is 27.6 Å². The van der Waals surface area contributed by atoms with Gasteiger partial charge in [0, 0.05) is 25.4 Å². The molecule has 0 N–H and O–H groups in total. The molecule has 0 spiro atoms. The van der Waals surface area contributed by atoms with E-state index >= 15 is 0 Å². The number of aryl methyl sites for hydroxylation is 1. The Hall–Kier alpha value is -3.14. The first-order chi connectivity index (χ1) is 12.7. The van der Waals surface area contributed by atoms with Crippen LogP contribution < -0.4 is 0 Å². The molecule has 0 atom stereocenters. The molecule has 0 aliphatic rings. The maximum Gasteiger partial charge on any atom is 0.254 e. The average Bonchev–Trinajstić information content (AvgIpc) is 3.14. The first-order valence-corrected chi connectivity index (χ1v) is 8.77. The Morgan fingerprint density at radius 2 is 1.69 bits per heavy atom. The molecule has 132 valence electrons.